The van der Waals surface area contributed by atoms with Crippen molar-refractivity contribution in [2.45, 2.75) is 19.9 Å². The summed E-state index contributed by atoms with van der Waals surface area (Å²) in [5.74, 6) is -0.366. The molecule has 0 aromatic heterocycles. The molecule has 2 aromatic carbocycles. The third-order valence-electron chi connectivity index (χ3n) is 3.06. The van der Waals surface area contributed by atoms with Crippen LogP contribution in [0.2, 0.25) is 5.02 Å². The number of nitrogens with two attached hydrogens (primary N) is 1. The fraction of sp³-hybridized carbons (Fsp3) is 0.200. The predicted octanol–water partition coefficient (Wildman–Crippen LogP) is 4.14. The van der Waals surface area contributed by atoms with Gasteiger partial charge in [-0.1, -0.05) is 41.4 Å². The van der Waals surface area contributed by atoms with Crippen LogP contribution in [0.15, 0.2) is 36.4 Å². The Morgan fingerprint density at radius 3 is 2.33 bits per heavy atom. The number of benzene rings is 2. The van der Waals surface area contributed by atoms with Gasteiger partial charge in [-0.15, -0.1) is 0 Å². The van der Waals surface area contributed by atoms with E-state index in [1.165, 1.54) is 11.6 Å². The fourth-order valence-corrected chi connectivity index (χ4v) is 2.25. The maximum absolute atomic E-state index is 13.8. The van der Waals surface area contributed by atoms with Crippen LogP contribution in [0, 0.1) is 19.7 Å². The van der Waals surface area contributed by atoms with Gasteiger partial charge in [-0.05, 0) is 37.1 Å². The van der Waals surface area contributed by atoms with Crippen LogP contribution in [0.5, 0.6) is 0 Å². The molecule has 0 amide bonds. The van der Waals surface area contributed by atoms with E-state index in [0.717, 1.165) is 11.1 Å². The van der Waals surface area contributed by atoms with Gasteiger partial charge in [0.1, 0.15) is 5.82 Å². The smallest absolute Gasteiger partial charge is 0.129 e. The minimum atomic E-state index is -0.470. The van der Waals surface area contributed by atoms with Gasteiger partial charge in [0, 0.05) is 10.6 Å². The quantitative estimate of drug-likeness (QED) is 0.866. The Balaban J connectivity index is 2.44. The van der Waals surface area contributed by atoms with Crippen molar-refractivity contribution in [2.24, 2.45) is 5.73 Å². The first-order valence-corrected chi connectivity index (χ1v) is 6.14. The Morgan fingerprint density at radius 1 is 1.06 bits per heavy atom. The number of hydrogen-bond donors (Lipinski definition) is 1. The molecule has 0 saturated heterocycles. The molecule has 2 rings (SSSR count). The lowest BCUT2D eigenvalue weighted by Crippen LogP contribution is -2.15. The summed E-state index contributed by atoms with van der Waals surface area (Å²) in [7, 11) is 0. The Hall–Kier alpha value is -1.38. The second-order valence-corrected chi connectivity index (χ2v) is 4.94. The molecule has 0 saturated carbocycles. The molecular weight excluding hydrogens is 249 g/mol. The van der Waals surface area contributed by atoms with E-state index in [1.807, 2.05) is 32.0 Å². The lowest BCUT2D eigenvalue weighted by Gasteiger charge is -2.16. The van der Waals surface area contributed by atoms with Gasteiger partial charge in [0.05, 0.1) is 6.04 Å². The number of rotatable bonds is 2. The molecule has 1 atom stereocenters. The highest BCUT2D eigenvalue weighted by molar-refractivity contribution is 6.30. The van der Waals surface area contributed by atoms with E-state index < -0.39 is 6.04 Å². The second kappa shape index (κ2) is 5.09. The summed E-state index contributed by atoms with van der Waals surface area (Å²) in [4.78, 5) is 0. The Morgan fingerprint density at radius 2 is 1.72 bits per heavy atom. The van der Waals surface area contributed by atoms with Crippen molar-refractivity contribution >= 4 is 11.6 Å². The highest BCUT2D eigenvalue weighted by Crippen LogP contribution is 2.26. The van der Waals surface area contributed by atoms with E-state index >= 15 is 0 Å². The third-order valence-corrected chi connectivity index (χ3v) is 3.29. The third kappa shape index (κ3) is 2.55. The van der Waals surface area contributed by atoms with Crippen LogP contribution in [0.1, 0.15) is 28.3 Å². The molecule has 0 fully saturated rings. The van der Waals surface area contributed by atoms with E-state index in [9.17, 15) is 4.39 Å². The largest absolute Gasteiger partial charge is 0.320 e. The second-order valence-electron chi connectivity index (χ2n) is 4.50. The standard InChI is InChI=1S/C15H15ClFN/c1-9-3-5-12(10(2)7-9)15(18)13-6-4-11(16)8-14(13)17/h3-8,15H,18H2,1-2H3. The molecule has 2 N–H and O–H groups in total. The summed E-state index contributed by atoms with van der Waals surface area (Å²) in [6, 6.07) is 10.1. The van der Waals surface area contributed by atoms with Crippen LogP contribution in [-0.2, 0) is 0 Å². The number of hydrogen-bond acceptors (Lipinski definition) is 1. The molecule has 0 bridgehead atoms. The first-order chi connectivity index (χ1) is 8.49. The average Bonchev–Trinajstić information content (AvgIpc) is 2.28. The number of aryl methyl sites for hydroxylation is 2. The molecule has 18 heavy (non-hydrogen) atoms. The van der Waals surface area contributed by atoms with Crippen molar-refractivity contribution in [2.75, 3.05) is 0 Å². The van der Waals surface area contributed by atoms with E-state index in [4.69, 9.17) is 17.3 Å². The van der Waals surface area contributed by atoms with Gasteiger partial charge in [-0.3, -0.25) is 0 Å². The first-order valence-electron chi connectivity index (χ1n) is 5.76. The van der Waals surface area contributed by atoms with Crippen LogP contribution in [0.3, 0.4) is 0 Å². The van der Waals surface area contributed by atoms with E-state index in [1.54, 1.807) is 12.1 Å². The van der Waals surface area contributed by atoms with E-state index in [0.29, 0.717) is 10.6 Å². The summed E-state index contributed by atoms with van der Waals surface area (Å²) in [5.41, 5.74) is 9.76. The molecule has 1 unspecified atom stereocenters. The molecule has 3 heteroatoms. The lowest BCUT2D eigenvalue weighted by atomic mass is 9.94. The minimum absolute atomic E-state index is 0.366. The molecule has 0 spiro atoms. The van der Waals surface area contributed by atoms with Gasteiger partial charge in [-0.25, -0.2) is 4.39 Å². The zero-order valence-electron chi connectivity index (χ0n) is 10.4. The molecule has 0 heterocycles. The van der Waals surface area contributed by atoms with Crippen molar-refractivity contribution < 1.29 is 4.39 Å². The molecular formula is C15H15ClFN. The normalized spacial score (nSPS) is 12.5. The lowest BCUT2D eigenvalue weighted by molar-refractivity contribution is 0.599. The molecule has 0 aliphatic heterocycles. The van der Waals surface area contributed by atoms with Gasteiger partial charge in [0.15, 0.2) is 0 Å². The van der Waals surface area contributed by atoms with Crippen LogP contribution >= 0.6 is 11.6 Å². The maximum atomic E-state index is 13.8. The summed E-state index contributed by atoms with van der Waals surface area (Å²) >= 11 is 5.74. The topological polar surface area (TPSA) is 26.0 Å². The fourth-order valence-electron chi connectivity index (χ4n) is 2.10. The van der Waals surface area contributed by atoms with Crippen LogP contribution < -0.4 is 5.73 Å². The minimum Gasteiger partial charge on any atom is -0.320 e. The van der Waals surface area contributed by atoms with E-state index in [-0.39, 0.29) is 5.82 Å². The molecule has 0 radical (unpaired) electrons. The highest BCUT2D eigenvalue weighted by Gasteiger charge is 2.15. The number of halogens is 2. The van der Waals surface area contributed by atoms with Crippen molar-refractivity contribution in [3.63, 3.8) is 0 Å². The van der Waals surface area contributed by atoms with Crippen molar-refractivity contribution in [1.29, 1.82) is 0 Å². The van der Waals surface area contributed by atoms with Gasteiger partial charge < -0.3 is 5.73 Å². The van der Waals surface area contributed by atoms with Crippen LogP contribution in [0.4, 0.5) is 4.39 Å². The Kier molecular flexibility index (Phi) is 3.69. The van der Waals surface area contributed by atoms with Gasteiger partial charge in [-0.2, -0.15) is 0 Å². The summed E-state index contributed by atoms with van der Waals surface area (Å²) < 4.78 is 13.8. The van der Waals surface area contributed by atoms with Gasteiger partial charge in [0.25, 0.3) is 0 Å². The average molecular weight is 264 g/mol. The molecule has 94 valence electrons. The molecule has 1 nitrogen and oxygen atoms in total. The predicted molar refractivity (Wildman–Crippen MR) is 73.4 cm³/mol. The van der Waals surface area contributed by atoms with Gasteiger partial charge >= 0.3 is 0 Å². The van der Waals surface area contributed by atoms with Gasteiger partial charge in [0.2, 0.25) is 0 Å². The molecule has 2 aromatic rings. The zero-order chi connectivity index (χ0) is 13.3. The molecule has 0 aliphatic rings. The zero-order valence-corrected chi connectivity index (χ0v) is 11.1. The van der Waals surface area contributed by atoms with Crippen molar-refractivity contribution in [3.05, 3.63) is 69.5 Å². The molecule has 0 aliphatic carbocycles. The summed E-state index contributed by atoms with van der Waals surface area (Å²) in [5, 5.41) is 0.379. The monoisotopic (exact) mass is 263 g/mol. The summed E-state index contributed by atoms with van der Waals surface area (Å²) in [6.45, 7) is 4.00. The maximum Gasteiger partial charge on any atom is 0.129 e. The Bertz CT molecular complexity index is 529. The van der Waals surface area contributed by atoms with Crippen LogP contribution in [-0.4, -0.2) is 0 Å². The van der Waals surface area contributed by atoms with Crippen molar-refractivity contribution in [3.8, 4) is 0 Å². The summed E-state index contributed by atoms with van der Waals surface area (Å²) in [6.07, 6.45) is 0. The SMILES string of the molecule is Cc1ccc(C(N)c2ccc(Cl)cc2F)c(C)c1. The van der Waals surface area contributed by atoms with Crippen LogP contribution in [0.25, 0.3) is 0 Å². The van der Waals surface area contributed by atoms with E-state index in [2.05, 4.69) is 0 Å². The first kappa shape index (κ1) is 13.1. The highest BCUT2D eigenvalue weighted by atomic mass is 35.5. The Labute approximate surface area is 111 Å². The van der Waals surface area contributed by atoms with Crippen molar-refractivity contribution in [1.82, 2.24) is 0 Å².